The maximum atomic E-state index is 13.8. The Morgan fingerprint density at radius 1 is 0.725 bits per heavy atom. The van der Waals surface area contributed by atoms with E-state index in [1.165, 1.54) is 97.3 Å². The van der Waals surface area contributed by atoms with Crippen molar-refractivity contribution in [2.45, 2.75) is 5.16 Å². The topological polar surface area (TPSA) is 193 Å². The fourth-order valence-electron chi connectivity index (χ4n) is 4.54. The molecule has 16 nitrogen and oxygen atoms in total. The van der Waals surface area contributed by atoms with E-state index < -0.39 is 22.8 Å². The molecule has 5 heterocycles. The summed E-state index contributed by atoms with van der Waals surface area (Å²) in [6, 6.07) is 15.9. The third-order valence-corrected chi connectivity index (χ3v) is 7.49. The highest BCUT2D eigenvalue weighted by Crippen LogP contribution is 2.26. The molecule has 0 unspecified atom stereocenters. The number of benzene rings is 2. The largest absolute Gasteiger partial charge is 0.448 e. The molecule has 5 aromatic heterocycles. The van der Waals surface area contributed by atoms with Crippen LogP contribution in [-0.4, -0.2) is 46.4 Å². The number of rotatable bonds is 9. The number of hydrogen-bond donors (Lipinski definition) is 3. The van der Waals surface area contributed by atoms with Crippen LogP contribution in [-0.2, 0) is 23.3 Å². The first-order valence-corrected chi connectivity index (χ1v) is 15.4. The number of pyridine rings is 2. The predicted molar refractivity (Wildman–Crippen MR) is 181 cm³/mol. The molecule has 0 radical (unpaired) electrons. The minimum atomic E-state index is -0.573. The SMILES string of the molecule is COOSc1ncc2cc(Oc3ccccc3F)c(=O)n(C)c2n1.Cn1c(=O)c(Oc2ccccc2F)cc2cnc(Nc3cc(=O)[nH][nH]3)nc21. The van der Waals surface area contributed by atoms with Crippen LogP contribution in [0.1, 0.15) is 0 Å². The van der Waals surface area contributed by atoms with Crippen LogP contribution in [0.4, 0.5) is 20.5 Å². The Kier molecular flexibility index (Phi) is 10.1. The Balaban J connectivity index is 0.000000177. The molecule has 0 saturated heterocycles. The lowest BCUT2D eigenvalue weighted by atomic mass is 10.3. The van der Waals surface area contributed by atoms with Crippen molar-refractivity contribution in [3.63, 3.8) is 0 Å². The van der Waals surface area contributed by atoms with Gasteiger partial charge in [0.1, 0.15) is 29.2 Å². The fourth-order valence-corrected chi connectivity index (χ4v) is 4.89. The van der Waals surface area contributed by atoms with Gasteiger partial charge < -0.3 is 14.8 Å². The zero-order valence-corrected chi connectivity index (χ0v) is 27.5. The maximum Gasteiger partial charge on any atom is 0.294 e. The van der Waals surface area contributed by atoms with Crippen molar-refractivity contribution in [1.82, 2.24) is 39.3 Å². The van der Waals surface area contributed by atoms with E-state index in [0.29, 0.717) is 27.9 Å². The van der Waals surface area contributed by atoms with Crippen molar-refractivity contribution in [3.8, 4) is 23.0 Å². The van der Waals surface area contributed by atoms with E-state index in [1.54, 1.807) is 12.1 Å². The van der Waals surface area contributed by atoms with E-state index in [9.17, 15) is 23.2 Å². The first-order chi connectivity index (χ1) is 24.6. The fraction of sp³-hybridized carbons (Fsp3) is 0.0938. The highest BCUT2D eigenvalue weighted by molar-refractivity contribution is 7.94. The molecule has 0 aliphatic carbocycles. The van der Waals surface area contributed by atoms with E-state index in [-0.39, 0.29) is 39.7 Å². The summed E-state index contributed by atoms with van der Waals surface area (Å²) in [5.74, 6) is -0.712. The number of anilines is 2. The van der Waals surface area contributed by atoms with E-state index in [2.05, 4.69) is 40.3 Å². The van der Waals surface area contributed by atoms with Crippen LogP contribution in [0.3, 0.4) is 0 Å². The van der Waals surface area contributed by atoms with Gasteiger partial charge in [-0.3, -0.25) is 33.7 Å². The van der Waals surface area contributed by atoms with Gasteiger partial charge in [-0.2, -0.15) is 9.32 Å². The van der Waals surface area contributed by atoms with Gasteiger partial charge in [-0.15, -0.1) is 0 Å². The molecule has 0 atom stereocenters. The second kappa shape index (κ2) is 15.0. The van der Waals surface area contributed by atoms with Crippen LogP contribution in [0.5, 0.6) is 23.0 Å². The van der Waals surface area contributed by atoms with Crippen molar-refractivity contribution in [1.29, 1.82) is 0 Å². The minimum absolute atomic E-state index is 0.0211. The Bertz CT molecular complexity index is 2560. The standard InChI is InChI=1S/C17H13FN6O3.C15H12FN3O4S/c1-24-15-9(8-19-17(21-15)20-13-7-14(25)23-22-13)6-12(16(24)26)27-11-5-3-2-4-10(11)18;1-19-13-9(8-17-15(18-13)24-23-21-2)7-12(14(19)20)22-11-6-4-3-5-10(11)16/h2-8H,1H3,(H3,19,20,21,22,23,25);3-8H,1-2H3. The van der Waals surface area contributed by atoms with Crippen LogP contribution in [0.15, 0.2) is 98.7 Å². The molecule has 0 aliphatic rings. The summed E-state index contributed by atoms with van der Waals surface area (Å²) < 4.78 is 45.6. The van der Waals surface area contributed by atoms with Crippen LogP contribution >= 0.6 is 12.0 Å². The van der Waals surface area contributed by atoms with Gasteiger partial charge in [-0.05, 0) is 36.4 Å². The Hall–Kier alpha value is -6.44. The molecule has 0 saturated carbocycles. The quantitative estimate of drug-likeness (QED) is 0.0794. The summed E-state index contributed by atoms with van der Waals surface area (Å²) in [6.07, 6.45) is 3.00. The van der Waals surface area contributed by atoms with Crippen LogP contribution in [0.2, 0.25) is 0 Å². The normalized spacial score (nSPS) is 10.9. The van der Waals surface area contributed by atoms with Crippen molar-refractivity contribution < 1.29 is 27.5 Å². The first kappa shape index (κ1) is 34.4. The number of fused-ring (bicyclic) bond motifs is 2. The lowest BCUT2D eigenvalue weighted by molar-refractivity contribution is -0.160. The number of aromatic amines is 2. The summed E-state index contributed by atoms with van der Waals surface area (Å²) >= 11 is 0.818. The number of nitrogens with one attached hydrogen (secondary N) is 3. The van der Waals surface area contributed by atoms with E-state index in [0.717, 1.165) is 12.0 Å². The van der Waals surface area contributed by atoms with E-state index in [1.807, 2.05) is 0 Å². The number of aromatic nitrogens is 8. The summed E-state index contributed by atoms with van der Waals surface area (Å²) in [7, 11) is 4.42. The Labute approximate surface area is 288 Å². The van der Waals surface area contributed by atoms with Gasteiger partial charge in [0, 0.05) is 43.3 Å². The molecule has 0 spiro atoms. The number of ether oxygens (including phenoxy) is 2. The first-order valence-electron chi connectivity index (χ1n) is 14.6. The third-order valence-electron chi connectivity index (χ3n) is 6.94. The van der Waals surface area contributed by atoms with Crippen molar-refractivity contribution >= 4 is 45.9 Å². The van der Waals surface area contributed by atoms with E-state index in [4.69, 9.17) is 13.8 Å². The molecule has 0 aliphatic heterocycles. The molecule has 2 aromatic carbocycles. The van der Waals surface area contributed by atoms with Gasteiger partial charge in [-0.1, -0.05) is 24.3 Å². The number of hydrogen-bond acceptors (Lipinski definition) is 13. The van der Waals surface area contributed by atoms with Gasteiger partial charge in [0.05, 0.1) is 7.11 Å². The van der Waals surface area contributed by atoms with Gasteiger partial charge in [-0.25, -0.2) is 28.6 Å². The molecule has 19 heteroatoms. The third kappa shape index (κ3) is 7.75. The lowest BCUT2D eigenvalue weighted by Gasteiger charge is -2.10. The van der Waals surface area contributed by atoms with Gasteiger partial charge in [0.2, 0.25) is 11.1 Å². The zero-order chi connectivity index (χ0) is 36.1. The molecular formula is C32H25F2N9O7S. The summed E-state index contributed by atoms with van der Waals surface area (Å²) in [5, 5.41) is 9.18. The average molecular weight is 718 g/mol. The summed E-state index contributed by atoms with van der Waals surface area (Å²) in [4.78, 5) is 57.3. The molecule has 7 rings (SSSR count). The highest BCUT2D eigenvalue weighted by atomic mass is 32.2. The van der Waals surface area contributed by atoms with Crippen molar-refractivity contribution in [3.05, 3.63) is 122 Å². The number of para-hydroxylation sites is 2. The van der Waals surface area contributed by atoms with Crippen molar-refractivity contribution in [2.75, 3.05) is 12.4 Å². The maximum absolute atomic E-state index is 13.8. The van der Waals surface area contributed by atoms with Crippen molar-refractivity contribution in [2.24, 2.45) is 14.1 Å². The molecule has 0 amide bonds. The lowest BCUT2D eigenvalue weighted by Crippen LogP contribution is -2.19. The summed E-state index contributed by atoms with van der Waals surface area (Å²) in [5.41, 5.74) is -0.506. The van der Waals surface area contributed by atoms with Crippen LogP contribution < -0.4 is 31.5 Å². The Morgan fingerprint density at radius 2 is 1.27 bits per heavy atom. The van der Waals surface area contributed by atoms with Crippen LogP contribution in [0, 0.1) is 11.6 Å². The summed E-state index contributed by atoms with van der Waals surface area (Å²) in [6.45, 7) is 0. The predicted octanol–water partition coefficient (Wildman–Crippen LogP) is 4.86. The average Bonchev–Trinajstić information content (AvgIpc) is 3.54. The monoisotopic (exact) mass is 717 g/mol. The number of nitrogens with zero attached hydrogens (tertiary/aromatic N) is 6. The smallest absolute Gasteiger partial charge is 0.294 e. The van der Waals surface area contributed by atoms with E-state index >= 15 is 0 Å². The number of H-pyrrole nitrogens is 2. The molecule has 7 aromatic rings. The second-order valence-electron chi connectivity index (χ2n) is 10.3. The van der Waals surface area contributed by atoms with Gasteiger partial charge in [0.25, 0.3) is 16.7 Å². The molecule has 51 heavy (non-hydrogen) atoms. The Morgan fingerprint density at radius 3 is 1.80 bits per heavy atom. The molecular weight excluding hydrogens is 692 g/mol. The van der Waals surface area contributed by atoms with Gasteiger partial charge in [0.15, 0.2) is 34.6 Å². The van der Waals surface area contributed by atoms with Gasteiger partial charge >= 0.3 is 0 Å². The second-order valence-corrected chi connectivity index (χ2v) is 11.0. The molecule has 3 N–H and O–H groups in total. The number of aryl methyl sites for hydroxylation is 2. The number of halogens is 2. The highest BCUT2D eigenvalue weighted by Gasteiger charge is 2.15. The molecule has 0 bridgehead atoms. The zero-order valence-electron chi connectivity index (χ0n) is 26.7. The minimum Gasteiger partial charge on any atom is -0.448 e. The van der Waals surface area contributed by atoms with Crippen LogP contribution in [0.25, 0.3) is 22.1 Å². The molecule has 260 valence electrons. The molecule has 0 fully saturated rings.